The number of anilines is 3. The molecule has 3 N–H and O–H groups in total. The van der Waals surface area contributed by atoms with Crippen LogP contribution in [0.15, 0.2) is 48.5 Å². The molecular weight excluding hydrogens is 346 g/mol. The number of fused-ring (bicyclic) bond motifs is 5. The van der Waals surface area contributed by atoms with Gasteiger partial charge in [-0.15, -0.1) is 0 Å². The van der Waals surface area contributed by atoms with Crippen molar-refractivity contribution >= 4 is 56.6 Å². The molecule has 0 saturated carbocycles. The lowest BCUT2D eigenvalue weighted by Crippen LogP contribution is -1.98. The van der Waals surface area contributed by atoms with Gasteiger partial charge in [0, 0.05) is 0 Å². The fourth-order valence-electron chi connectivity index (χ4n) is 3.13. The number of aromatic nitrogens is 4. The lowest BCUT2D eigenvalue weighted by molar-refractivity contribution is 1.29. The minimum absolute atomic E-state index is 0.445. The molecule has 8 heteroatoms. The molecule has 0 aliphatic carbocycles. The number of nitrogens with one attached hydrogen (secondary N) is 1. The van der Waals surface area contributed by atoms with Gasteiger partial charge in [0.05, 0.1) is 39.5 Å². The van der Waals surface area contributed by atoms with Gasteiger partial charge < -0.3 is 11.1 Å². The summed E-state index contributed by atoms with van der Waals surface area (Å²) in [6.07, 6.45) is 0. The van der Waals surface area contributed by atoms with Gasteiger partial charge in [0.1, 0.15) is 11.6 Å². The predicted octanol–water partition coefficient (Wildman–Crippen LogP) is 3.69. The lowest BCUT2D eigenvalue weighted by atomic mass is 10.2. The highest BCUT2D eigenvalue weighted by atomic mass is 32.1. The van der Waals surface area contributed by atoms with Crippen LogP contribution in [-0.2, 0) is 0 Å². The van der Waals surface area contributed by atoms with Crippen molar-refractivity contribution in [2.45, 2.75) is 0 Å². The largest absolute Gasteiger partial charge is 0.397 e. The third-order valence-electron chi connectivity index (χ3n) is 4.29. The number of hydrogen-bond acceptors (Lipinski definition) is 7. The quantitative estimate of drug-likeness (QED) is 0.467. The summed E-state index contributed by atoms with van der Waals surface area (Å²) in [5, 5.41) is 13.7. The lowest BCUT2D eigenvalue weighted by Gasteiger charge is -2.08. The van der Waals surface area contributed by atoms with Crippen molar-refractivity contribution < 1.29 is 0 Å². The fraction of sp³-hybridized carbons (Fsp3) is 0. The first-order valence-electron chi connectivity index (χ1n) is 7.85. The number of hydrogen-bond donors (Lipinski definition) is 2. The second kappa shape index (κ2) is 5.40. The van der Waals surface area contributed by atoms with Gasteiger partial charge in [-0.05, 0) is 24.3 Å². The van der Waals surface area contributed by atoms with Gasteiger partial charge in [-0.2, -0.15) is 14.0 Å². The van der Waals surface area contributed by atoms with E-state index in [1.807, 2.05) is 46.9 Å². The van der Waals surface area contributed by atoms with E-state index in [1.165, 1.54) is 0 Å². The van der Waals surface area contributed by atoms with E-state index in [9.17, 15) is 5.26 Å². The van der Waals surface area contributed by atoms with Crippen LogP contribution in [0.5, 0.6) is 0 Å². The molecule has 0 fully saturated rings. The van der Waals surface area contributed by atoms with Gasteiger partial charge in [-0.3, -0.25) is 4.40 Å². The Morgan fingerprint density at radius 1 is 1.04 bits per heavy atom. The van der Waals surface area contributed by atoms with Crippen LogP contribution in [0.4, 0.5) is 17.2 Å². The van der Waals surface area contributed by atoms with E-state index in [2.05, 4.69) is 25.1 Å². The molecule has 2 aromatic carbocycles. The van der Waals surface area contributed by atoms with Gasteiger partial charge in [0.2, 0.25) is 0 Å². The second-order valence-electron chi connectivity index (χ2n) is 5.77. The first-order chi connectivity index (χ1) is 12.8. The van der Waals surface area contributed by atoms with Gasteiger partial charge in [0.25, 0.3) is 0 Å². The summed E-state index contributed by atoms with van der Waals surface area (Å²) in [4.78, 5) is 4.61. The van der Waals surface area contributed by atoms with Gasteiger partial charge >= 0.3 is 0 Å². The van der Waals surface area contributed by atoms with E-state index in [0.29, 0.717) is 33.7 Å². The summed E-state index contributed by atoms with van der Waals surface area (Å²) >= 11 is 1.07. The second-order valence-corrected chi connectivity index (χ2v) is 6.30. The number of benzene rings is 2. The highest BCUT2D eigenvalue weighted by Crippen LogP contribution is 2.34. The number of nitrogen functional groups attached to an aromatic ring is 1. The topological polar surface area (TPSA) is 105 Å². The minimum atomic E-state index is 0.445. The molecule has 0 aliphatic heterocycles. The molecule has 124 valence electrons. The summed E-state index contributed by atoms with van der Waals surface area (Å²) in [6.45, 7) is 0. The Hall–Kier alpha value is -3.70. The zero-order valence-electron chi connectivity index (χ0n) is 13.3. The van der Waals surface area contributed by atoms with Crippen molar-refractivity contribution in [3.05, 3.63) is 54.1 Å². The molecule has 0 spiro atoms. The summed E-state index contributed by atoms with van der Waals surface area (Å²) < 4.78 is 10.7. The molecule has 5 rings (SSSR count). The molecule has 0 aliphatic rings. The zero-order chi connectivity index (χ0) is 17.7. The Balaban J connectivity index is 1.85. The maximum absolute atomic E-state index is 9.78. The molecule has 7 nitrogen and oxygen atoms in total. The maximum atomic E-state index is 9.78. The van der Waals surface area contributed by atoms with Gasteiger partial charge in [-0.25, -0.2) is 4.98 Å². The van der Waals surface area contributed by atoms with Crippen LogP contribution in [0.2, 0.25) is 0 Å². The third-order valence-corrected chi connectivity index (χ3v) is 4.81. The number of rotatable bonds is 2. The van der Waals surface area contributed by atoms with E-state index < -0.39 is 0 Å². The van der Waals surface area contributed by atoms with Crippen LogP contribution in [0.25, 0.3) is 27.7 Å². The van der Waals surface area contributed by atoms with Crippen LogP contribution in [0.1, 0.15) is 5.56 Å². The van der Waals surface area contributed by atoms with Crippen LogP contribution in [0, 0.1) is 11.3 Å². The van der Waals surface area contributed by atoms with Crippen molar-refractivity contribution in [3.63, 3.8) is 0 Å². The Morgan fingerprint density at radius 3 is 2.69 bits per heavy atom. The molecule has 3 heterocycles. The van der Waals surface area contributed by atoms with Crippen LogP contribution >= 0.6 is 11.7 Å². The smallest absolute Gasteiger partial charge is 0.165 e. The molecule has 0 atom stereocenters. The summed E-state index contributed by atoms with van der Waals surface area (Å²) in [7, 11) is 0. The molecule has 0 unspecified atom stereocenters. The highest BCUT2D eigenvalue weighted by Gasteiger charge is 2.22. The summed E-state index contributed by atoms with van der Waals surface area (Å²) in [5.74, 6) is 0.545. The SMILES string of the molecule is N#Cc1c2c(Nc3ccccc3N)nsnc2n2c1nc1ccccc12. The average molecular weight is 357 g/mol. The fourth-order valence-corrected chi connectivity index (χ4v) is 3.64. The van der Waals surface area contributed by atoms with E-state index >= 15 is 0 Å². The Kier molecular flexibility index (Phi) is 3.04. The number of imidazole rings is 1. The highest BCUT2D eigenvalue weighted by molar-refractivity contribution is 6.99. The molecule has 0 bridgehead atoms. The van der Waals surface area contributed by atoms with Crippen molar-refractivity contribution in [1.29, 1.82) is 5.26 Å². The molecule has 0 amide bonds. The maximum Gasteiger partial charge on any atom is 0.165 e. The van der Waals surface area contributed by atoms with E-state index in [-0.39, 0.29) is 0 Å². The standard InChI is InChI=1S/C18H11N7S/c19-9-10-15-16(21-12-6-2-1-5-11(12)20)23-26-24-18(15)25-14-8-4-3-7-13(14)22-17(10)25/h1-8H,20H2,(H,21,23). The van der Waals surface area contributed by atoms with Crippen molar-refractivity contribution in [3.8, 4) is 6.07 Å². The van der Waals surface area contributed by atoms with E-state index in [0.717, 1.165) is 28.4 Å². The Labute approximate surface area is 151 Å². The number of nitriles is 1. The number of nitrogens with two attached hydrogens (primary N) is 1. The van der Waals surface area contributed by atoms with E-state index in [4.69, 9.17) is 5.73 Å². The Bertz CT molecular complexity index is 1340. The van der Waals surface area contributed by atoms with Crippen LogP contribution in [-0.4, -0.2) is 18.1 Å². The van der Waals surface area contributed by atoms with E-state index in [1.54, 1.807) is 6.07 Å². The van der Waals surface area contributed by atoms with Crippen LogP contribution in [0.3, 0.4) is 0 Å². The molecule has 3 aromatic heterocycles. The van der Waals surface area contributed by atoms with Crippen molar-refractivity contribution in [2.24, 2.45) is 0 Å². The Morgan fingerprint density at radius 2 is 1.85 bits per heavy atom. The first kappa shape index (κ1) is 14.6. The monoisotopic (exact) mass is 357 g/mol. The number of para-hydroxylation sites is 4. The predicted molar refractivity (Wildman–Crippen MR) is 103 cm³/mol. The third kappa shape index (κ3) is 1.95. The van der Waals surface area contributed by atoms with Gasteiger partial charge in [0.15, 0.2) is 17.1 Å². The van der Waals surface area contributed by atoms with Crippen molar-refractivity contribution in [1.82, 2.24) is 18.1 Å². The zero-order valence-corrected chi connectivity index (χ0v) is 14.2. The molecule has 26 heavy (non-hydrogen) atoms. The summed E-state index contributed by atoms with van der Waals surface area (Å²) in [5.41, 5.74) is 10.8. The minimum Gasteiger partial charge on any atom is -0.397 e. The summed E-state index contributed by atoms with van der Waals surface area (Å²) in [6, 6.07) is 17.4. The molecule has 5 aromatic rings. The number of nitrogens with zero attached hydrogens (tertiary/aromatic N) is 5. The normalized spacial score (nSPS) is 11.2. The molecular formula is C18H11N7S. The van der Waals surface area contributed by atoms with Gasteiger partial charge in [-0.1, -0.05) is 24.3 Å². The van der Waals surface area contributed by atoms with Crippen LogP contribution < -0.4 is 11.1 Å². The van der Waals surface area contributed by atoms with Crippen molar-refractivity contribution in [2.75, 3.05) is 11.1 Å². The molecule has 0 radical (unpaired) electrons. The average Bonchev–Trinajstić information content (AvgIpc) is 3.18. The molecule has 0 saturated heterocycles. The first-order valence-corrected chi connectivity index (χ1v) is 8.58.